The first-order valence-electron chi connectivity index (χ1n) is 6.28. The molecule has 16 heavy (non-hydrogen) atoms. The van der Waals surface area contributed by atoms with Gasteiger partial charge in [-0.25, -0.2) is 4.98 Å². The Morgan fingerprint density at radius 1 is 1.50 bits per heavy atom. The minimum atomic E-state index is 0.853. The summed E-state index contributed by atoms with van der Waals surface area (Å²) in [5, 5.41) is 3.50. The molecule has 0 radical (unpaired) electrons. The van der Waals surface area contributed by atoms with E-state index >= 15 is 0 Å². The SMILES string of the molecule is CCN1CCC(CNCc2cnc[nH]2)CC1. The molecule has 4 nitrogen and oxygen atoms in total. The number of hydrogen-bond acceptors (Lipinski definition) is 3. The Labute approximate surface area is 97.4 Å². The van der Waals surface area contributed by atoms with E-state index in [9.17, 15) is 0 Å². The molecule has 0 spiro atoms. The molecule has 90 valence electrons. The summed E-state index contributed by atoms with van der Waals surface area (Å²) in [6, 6.07) is 0. The zero-order valence-corrected chi connectivity index (χ0v) is 10.1. The second-order valence-electron chi connectivity index (χ2n) is 4.59. The van der Waals surface area contributed by atoms with E-state index in [1.807, 2.05) is 6.20 Å². The number of imidazole rings is 1. The number of aromatic amines is 1. The zero-order valence-electron chi connectivity index (χ0n) is 10.1. The summed E-state index contributed by atoms with van der Waals surface area (Å²) >= 11 is 0. The fraction of sp³-hybridized carbons (Fsp3) is 0.750. The number of nitrogens with zero attached hydrogens (tertiary/aromatic N) is 2. The third-order valence-corrected chi connectivity index (χ3v) is 3.46. The van der Waals surface area contributed by atoms with Crippen LogP contribution in [0.3, 0.4) is 0 Å². The van der Waals surface area contributed by atoms with Crippen LogP contribution in [0.1, 0.15) is 25.5 Å². The highest BCUT2D eigenvalue weighted by Gasteiger charge is 2.17. The molecule has 0 unspecified atom stereocenters. The fourth-order valence-electron chi connectivity index (χ4n) is 2.30. The molecule has 2 N–H and O–H groups in total. The van der Waals surface area contributed by atoms with Gasteiger partial charge in [-0.3, -0.25) is 0 Å². The predicted octanol–water partition coefficient (Wildman–Crippen LogP) is 1.23. The van der Waals surface area contributed by atoms with Crippen LogP contribution in [-0.2, 0) is 6.54 Å². The number of likely N-dealkylation sites (tertiary alicyclic amines) is 1. The lowest BCUT2D eigenvalue weighted by atomic mass is 9.97. The van der Waals surface area contributed by atoms with E-state index in [-0.39, 0.29) is 0 Å². The van der Waals surface area contributed by atoms with Crippen molar-refractivity contribution in [3.63, 3.8) is 0 Å². The van der Waals surface area contributed by atoms with E-state index in [4.69, 9.17) is 0 Å². The maximum Gasteiger partial charge on any atom is 0.0922 e. The molecule has 1 aliphatic rings. The summed E-state index contributed by atoms with van der Waals surface area (Å²) < 4.78 is 0. The van der Waals surface area contributed by atoms with Gasteiger partial charge in [0.15, 0.2) is 0 Å². The Kier molecular flexibility index (Phi) is 4.36. The summed E-state index contributed by atoms with van der Waals surface area (Å²) in [4.78, 5) is 9.65. The van der Waals surface area contributed by atoms with Crippen molar-refractivity contribution in [2.24, 2.45) is 5.92 Å². The molecule has 4 heteroatoms. The molecule has 1 aromatic heterocycles. The predicted molar refractivity (Wildman–Crippen MR) is 65.1 cm³/mol. The topological polar surface area (TPSA) is 44.0 Å². The Bertz CT molecular complexity index is 275. The van der Waals surface area contributed by atoms with E-state index in [1.165, 1.54) is 38.2 Å². The molecule has 0 aliphatic carbocycles. The standard InChI is InChI=1S/C12H22N4/c1-2-16-5-3-11(4-6-16)7-13-8-12-9-14-10-15-12/h9-11,13H,2-8H2,1H3,(H,14,15). The molecule has 1 aromatic rings. The number of hydrogen-bond donors (Lipinski definition) is 2. The van der Waals surface area contributed by atoms with Crippen LogP contribution in [0, 0.1) is 5.92 Å². The van der Waals surface area contributed by atoms with Crippen molar-refractivity contribution in [3.05, 3.63) is 18.2 Å². The largest absolute Gasteiger partial charge is 0.347 e. The lowest BCUT2D eigenvalue weighted by molar-refractivity contribution is 0.190. The van der Waals surface area contributed by atoms with Gasteiger partial charge in [-0.2, -0.15) is 0 Å². The summed E-state index contributed by atoms with van der Waals surface area (Å²) in [6.07, 6.45) is 6.29. The van der Waals surface area contributed by atoms with Crippen molar-refractivity contribution in [1.82, 2.24) is 20.2 Å². The fourth-order valence-corrected chi connectivity index (χ4v) is 2.30. The van der Waals surface area contributed by atoms with Gasteiger partial charge in [0.05, 0.1) is 6.33 Å². The number of aromatic nitrogens is 2. The summed E-state index contributed by atoms with van der Waals surface area (Å²) in [5.74, 6) is 0.853. The van der Waals surface area contributed by atoms with E-state index in [0.29, 0.717) is 0 Å². The highest BCUT2D eigenvalue weighted by molar-refractivity contribution is 4.93. The van der Waals surface area contributed by atoms with E-state index < -0.39 is 0 Å². The number of piperidine rings is 1. The van der Waals surface area contributed by atoms with Crippen molar-refractivity contribution >= 4 is 0 Å². The van der Waals surface area contributed by atoms with Gasteiger partial charge in [0.1, 0.15) is 0 Å². The zero-order chi connectivity index (χ0) is 11.2. The molecular weight excluding hydrogens is 200 g/mol. The maximum atomic E-state index is 4.01. The number of H-pyrrole nitrogens is 1. The van der Waals surface area contributed by atoms with Gasteiger partial charge in [-0.15, -0.1) is 0 Å². The van der Waals surface area contributed by atoms with Crippen LogP contribution in [0.4, 0.5) is 0 Å². The van der Waals surface area contributed by atoms with Crippen LogP contribution in [0.5, 0.6) is 0 Å². The Morgan fingerprint density at radius 2 is 2.31 bits per heavy atom. The van der Waals surface area contributed by atoms with Crippen molar-refractivity contribution in [1.29, 1.82) is 0 Å². The van der Waals surface area contributed by atoms with Crippen LogP contribution in [0.15, 0.2) is 12.5 Å². The average Bonchev–Trinajstić information content (AvgIpc) is 2.83. The van der Waals surface area contributed by atoms with Crippen LogP contribution < -0.4 is 5.32 Å². The smallest absolute Gasteiger partial charge is 0.0922 e. The Hall–Kier alpha value is -0.870. The molecular formula is C12H22N4. The van der Waals surface area contributed by atoms with Crippen LogP contribution in [0.2, 0.25) is 0 Å². The van der Waals surface area contributed by atoms with Crippen LogP contribution >= 0.6 is 0 Å². The normalized spacial score (nSPS) is 19.1. The Morgan fingerprint density at radius 3 is 2.94 bits per heavy atom. The van der Waals surface area contributed by atoms with Crippen molar-refractivity contribution in [2.45, 2.75) is 26.3 Å². The van der Waals surface area contributed by atoms with Gasteiger partial charge in [0, 0.05) is 18.4 Å². The second-order valence-corrected chi connectivity index (χ2v) is 4.59. The van der Waals surface area contributed by atoms with Crippen LogP contribution in [-0.4, -0.2) is 41.0 Å². The number of nitrogens with one attached hydrogen (secondary N) is 2. The van der Waals surface area contributed by atoms with Gasteiger partial charge in [-0.1, -0.05) is 6.92 Å². The molecule has 0 saturated carbocycles. The number of rotatable bonds is 5. The first kappa shape index (κ1) is 11.6. The lowest BCUT2D eigenvalue weighted by Gasteiger charge is -2.31. The minimum absolute atomic E-state index is 0.853. The van der Waals surface area contributed by atoms with Gasteiger partial charge in [0.2, 0.25) is 0 Å². The highest BCUT2D eigenvalue weighted by Crippen LogP contribution is 2.15. The summed E-state index contributed by atoms with van der Waals surface area (Å²) in [6.45, 7) is 8.04. The van der Waals surface area contributed by atoms with Gasteiger partial charge >= 0.3 is 0 Å². The molecule has 1 saturated heterocycles. The van der Waals surface area contributed by atoms with E-state index in [1.54, 1.807) is 6.33 Å². The Balaban J connectivity index is 1.60. The monoisotopic (exact) mass is 222 g/mol. The summed E-state index contributed by atoms with van der Waals surface area (Å²) in [7, 11) is 0. The molecule has 0 atom stereocenters. The first-order chi connectivity index (χ1) is 7.88. The average molecular weight is 222 g/mol. The first-order valence-corrected chi connectivity index (χ1v) is 6.28. The van der Waals surface area contributed by atoms with E-state index in [2.05, 4.69) is 27.1 Å². The molecule has 2 heterocycles. The summed E-state index contributed by atoms with van der Waals surface area (Å²) in [5.41, 5.74) is 1.17. The third-order valence-electron chi connectivity index (χ3n) is 3.46. The van der Waals surface area contributed by atoms with Crippen molar-refractivity contribution in [2.75, 3.05) is 26.2 Å². The molecule has 1 aliphatic heterocycles. The molecule has 0 bridgehead atoms. The van der Waals surface area contributed by atoms with Crippen molar-refractivity contribution in [3.8, 4) is 0 Å². The molecule has 0 aromatic carbocycles. The van der Waals surface area contributed by atoms with Crippen molar-refractivity contribution < 1.29 is 0 Å². The van der Waals surface area contributed by atoms with Gasteiger partial charge < -0.3 is 15.2 Å². The van der Waals surface area contributed by atoms with Gasteiger partial charge in [0.25, 0.3) is 0 Å². The quantitative estimate of drug-likeness (QED) is 0.787. The molecule has 2 rings (SSSR count). The van der Waals surface area contributed by atoms with Crippen LogP contribution in [0.25, 0.3) is 0 Å². The highest BCUT2D eigenvalue weighted by atomic mass is 15.1. The van der Waals surface area contributed by atoms with Gasteiger partial charge in [-0.05, 0) is 44.9 Å². The lowest BCUT2D eigenvalue weighted by Crippen LogP contribution is -2.36. The minimum Gasteiger partial charge on any atom is -0.347 e. The third kappa shape index (κ3) is 3.32. The second kappa shape index (κ2) is 6.01. The maximum absolute atomic E-state index is 4.01. The molecule has 1 fully saturated rings. The van der Waals surface area contributed by atoms with E-state index in [0.717, 1.165) is 19.0 Å². The molecule has 0 amide bonds.